The molecular formula is C36H28NO2PS2. The van der Waals surface area contributed by atoms with E-state index in [1.807, 2.05) is 72.8 Å². The first-order chi connectivity index (χ1) is 20.4. The second kappa shape index (κ2) is 12.0. The van der Waals surface area contributed by atoms with Crippen LogP contribution in [0.25, 0.3) is 0 Å². The van der Waals surface area contributed by atoms with Crippen LogP contribution in [0.4, 0.5) is 17.1 Å². The molecule has 5 aromatic carbocycles. The fourth-order valence-electron chi connectivity index (χ4n) is 4.90. The molecule has 0 N–H and O–H groups in total. The maximum Gasteiger partial charge on any atom is 0.206 e. The molecule has 0 saturated heterocycles. The minimum atomic E-state index is -3.80. The Hall–Kier alpha value is -4.15. The Balaban J connectivity index is 1.26. The van der Waals surface area contributed by atoms with Gasteiger partial charge in [-0.1, -0.05) is 116 Å². The van der Waals surface area contributed by atoms with E-state index in [1.54, 1.807) is 36.0 Å². The van der Waals surface area contributed by atoms with Crippen LogP contribution >= 0.6 is 19.7 Å². The van der Waals surface area contributed by atoms with E-state index in [2.05, 4.69) is 66.6 Å². The largest absolute Gasteiger partial charge is 0.308 e. The number of rotatable bonds is 8. The van der Waals surface area contributed by atoms with Crippen LogP contribution in [-0.4, -0.2) is 8.42 Å². The highest BCUT2D eigenvalue weighted by Crippen LogP contribution is 2.51. The normalized spacial score (nSPS) is 12.6. The number of anilines is 3. The fraction of sp³-hybridized carbons (Fsp3) is 0. The molecule has 0 fully saturated rings. The van der Waals surface area contributed by atoms with Crippen molar-refractivity contribution in [2.45, 2.75) is 14.7 Å². The SMILES string of the molecule is C=C(/C=C\C(=C)S(=O)(=O)c1ccc(N2c3ccccc3Sc3ccccc32)cc1)P(c1ccccc1)c1ccccc1. The Kier molecular flexibility index (Phi) is 7.99. The summed E-state index contributed by atoms with van der Waals surface area (Å²) in [5, 5.41) is 3.14. The van der Waals surface area contributed by atoms with Crippen molar-refractivity contribution in [3.63, 3.8) is 0 Å². The number of hydrogen-bond donors (Lipinski definition) is 0. The van der Waals surface area contributed by atoms with Gasteiger partial charge in [0.2, 0.25) is 9.84 Å². The summed E-state index contributed by atoms with van der Waals surface area (Å²) < 4.78 is 27.1. The molecule has 42 heavy (non-hydrogen) atoms. The van der Waals surface area contributed by atoms with Gasteiger partial charge in [0, 0.05) is 15.5 Å². The zero-order valence-electron chi connectivity index (χ0n) is 22.8. The van der Waals surface area contributed by atoms with E-state index in [-0.39, 0.29) is 9.80 Å². The van der Waals surface area contributed by atoms with E-state index in [0.29, 0.717) is 0 Å². The number of allylic oxidation sites excluding steroid dienone is 3. The van der Waals surface area contributed by atoms with Crippen molar-refractivity contribution in [3.05, 3.63) is 169 Å². The average Bonchev–Trinajstić information content (AvgIpc) is 3.03. The standard InChI is InChI=1S/C36H28NO2PS2/c1-27(40(30-13-5-3-6-14-30)31-15-7-4-8-16-31)21-22-28(2)42(38,39)32-25-23-29(24-26-32)37-33-17-9-11-19-35(33)41-36-20-12-10-18-34(36)37/h3-26H,1-2H2/b22-21-. The van der Waals surface area contributed by atoms with Gasteiger partial charge in [-0.25, -0.2) is 8.42 Å². The molecule has 0 aromatic heterocycles. The average molecular weight is 602 g/mol. The van der Waals surface area contributed by atoms with E-state index in [4.69, 9.17) is 0 Å². The minimum Gasteiger partial charge on any atom is -0.308 e. The van der Waals surface area contributed by atoms with Crippen LogP contribution in [0.3, 0.4) is 0 Å². The number of para-hydroxylation sites is 2. The van der Waals surface area contributed by atoms with Crippen molar-refractivity contribution in [2.24, 2.45) is 0 Å². The number of fused-ring (bicyclic) bond motifs is 2. The smallest absolute Gasteiger partial charge is 0.206 e. The summed E-state index contributed by atoms with van der Waals surface area (Å²) in [5.41, 5.74) is 3.02. The molecule has 6 rings (SSSR count). The lowest BCUT2D eigenvalue weighted by Crippen LogP contribution is -2.14. The molecule has 206 valence electrons. The molecule has 0 amide bonds. The number of benzene rings is 5. The molecule has 0 aliphatic carbocycles. The van der Waals surface area contributed by atoms with Gasteiger partial charge in [-0.3, -0.25) is 0 Å². The van der Waals surface area contributed by atoms with E-state index in [0.717, 1.165) is 42.8 Å². The van der Waals surface area contributed by atoms with E-state index < -0.39 is 17.8 Å². The Morgan fingerprint density at radius 2 is 1.10 bits per heavy atom. The zero-order valence-corrected chi connectivity index (χ0v) is 25.3. The number of hydrogen-bond acceptors (Lipinski definition) is 4. The Labute approximate surface area is 253 Å². The lowest BCUT2D eigenvalue weighted by molar-refractivity contribution is 0.603. The van der Waals surface area contributed by atoms with Crippen LogP contribution in [0.2, 0.25) is 0 Å². The maximum atomic E-state index is 13.5. The molecule has 0 spiro atoms. The predicted octanol–water partition coefficient (Wildman–Crippen LogP) is 9.11. The number of sulfone groups is 1. The lowest BCUT2D eigenvalue weighted by Gasteiger charge is -2.32. The second-order valence-corrected chi connectivity index (χ2v) is 15.0. The van der Waals surface area contributed by atoms with Crippen LogP contribution in [-0.2, 0) is 9.84 Å². The quantitative estimate of drug-likeness (QED) is 0.129. The molecule has 1 aliphatic rings. The molecule has 5 aromatic rings. The first-order valence-corrected chi connectivity index (χ1v) is 17.0. The van der Waals surface area contributed by atoms with Crippen LogP contribution in [0.15, 0.2) is 184 Å². The minimum absolute atomic E-state index is 0.0255. The third-order valence-electron chi connectivity index (χ3n) is 6.96. The monoisotopic (exact) mass is 601 g/mol. The first kappa shape index (κ1) is 28.0. The highest BCUT2D eigenvalue weighted by molar-refractivity contribution is 7.99. The summed E-state index contributed by atoms with van der Waals surface area (Å²) in [6.45, 7) is 8.26. The zero-order chi connectivity index (χ0) is 29.1. The summed E-state index contributed by atoms with van der Waals surface area (Å²) in [7, 11) is -4.71. The van der Waals surface area contributed by atoms with Crippen molar-refractivity contribution in [1.82, 2.24) is 0 Å². The summed E-state index contributed by atoms with van der Waals surface area (Å²) in [4.78, 5) is 4.70. The van der Waals surface area contributed by atoms with Crippen LogP contribution in [0.5, 0.6) is 0 Å². The van der Waals surface area contributed by atoms with Crippen LogP contribution in [0, 0.1) is 0 Å². The van der Waals surface area contributed by atoms with Gasteiger partial charge in [0.25, 0.3) is 0 Å². The van der Waals surface area contributed by atoms with E-state index in [1.165, 1.54) is 0 Å². The fourth-order valence-corrected chi connectivity index (χ4v) is 9.12. The van der Waals surface area contributed by atoms with Crippen molar-refractivity contribution < 1.29 is 8.42 Å². The molecule has 1 aliphatic heterocycles. The molecule has 1 heterocycles. The van der Waals surface area contributed by atoms with Gasteiger partial charge in [-0.05, 0) is 78.5 Å². The van der Waals surface area contributed by atoms with Gasteiger partial charge < -0.3 is 4.90 Å². The predicted molar refractivity (Wildman–Crippen MR) is 179 cm³/mol. The lowest BCUT2D eigenvalue weighted by atomic mass is 10.2. The van der Waals surface area contributed by atoms with Crippen molar-refractivity contribution in [3.8, 4) is 0 Å². The maximum absolute atomic E-state index is 13.5. The number of nitrogens with zero attached hydrogens (tertiary/aromatic N) is 1. The van der Waals surface area contributed by atoms with Crippen molar-refractivity contribution >= 4 is 57.2 Å². The summed E-state index contributed by atoms with van der Waals surface area (Å²) in [6, 6.07) is 43.9. The molecule has 0 atom stereocenters. The highest BCUT2D eigenvalue weighted by atomic mass is 32.2. The van der Waals surface area contributed by atoms with E-state index >= 15 is 0 Å². The van der Waals surface area contributed by atoms with E-state index in [9.17, 15) is 8.42 Å². The van der Waals surface area contributed by atoms with Gasteiger partial charge >= 0.3 is 0 Å². The Morgan fingerprint density at radius 1 is 0.619 bits per heavy atom. The van der Waals surface area contributed by atoms with Gasteiger partial charge in [0.1, 0.15) is 0 Å². The first-order valence-electron chi connectivity index (χ1n) is 13.4. The molecule has 0 bridgehead atoms. The highest BCUT2D eigenvalue weighted by Gasteiger charge is 2.25. The molecule has 0 radical (unpaired) electrons. The van der Waals surface area contributed by atoms with Gasteiger partial charge in [-0.15, -0.1) is 0 Å². The van der Waals surface area contributed by atoms with Crippen molar-refractivity contribution in [1.29, 1.82) is 0 Å². The van der Waals surface area contributed by atoms with Crippen molar-refractivity contribution in [2.75, 3.05) is 4.90 Å². The van der Waals surface area contributed by atoms with Gasteiger partial charge in [-0.2, -0.15) is 0 Å². The second-order valence-electron chi connectivity index (χ2n) is 9.67. The summed E-state index contributed by atoms with van der Waals surface area (Å²) in [5.74, 6) is 0. The molecule has 3 nitrogen and oxygen atoms in total. The Morgan fingerprint density at radius 3 is 1.62 bits per heavy atom. The topological polar surface area (TPSA) is 37.4 Å². The van der Waals surface area contributed by atoms with Crippen LogP contribution in [0.1, 0.15) is 0 Å². The van der Waals surface area contributed by atoms with Gasteiger partial charge in [0.15, 0.2) is 0 Å². The molecule has 0 unspecified atom stereocenters. The van der Waals surface area contributed by atoms with Crippen LogP contribution < -0.4 is 15.5 Å². The molecule has 6 heteroatoms. The van der Waals surface area contributed by atoms with Gasteiger partial charge in [0.05, 0.1) is 21.2 Å². The summed E-state index contributed by atoms with van der Waals surface area (Å²) >= 11 is 1.74. The summed E-state index contributed by atoms with van der Waals surface area (Å²) in [6.07, 6.45) is 3.36. The molecular weight excluding hydrogens is 574 g/mol. The Bertz CT molecular complexity index is 1820. The third kappa shape index (κ3) is 5.52. The third-order valence-corrected chi connectivity index (χ3v) is 12.2. The molecule has 0 saturated carbocycles.